The smallest absolute Gasteiger partial charge is 0.325 e. The number of aliphatic carboxylic acids is 1. The first-order valence-electron chi connectivity index (χ1n) is 6.24. The van der Waals surface area contributed by atoms with Crippen LogP contribution in [-0.2, 0) is 14.4 Å². The molecule has 0 spiro atoms. The Morgan fingerprint density at radius 3 is 1.89 bits per heavy atom. The quantitative estimate of drug-likeness (QED) is 0.496. The fraction of sp³-hybridized carbons (Fsp3) is 0.750. The third kappa shape index (κ3) is 6.76. The van der Waals surface area contributed by atoms with E-state index in [-0.39, 0.29) is 5.92 Å². The van der Waals surface area contributed by atoms with Crippen LogP contribution in [0.2, 0.25) is 0 Å². The summed E-state index contributed by atoms with van der Waals surface area (Å²) in [5, 5.41) is 13.4. The van der Waals surface area contributed by atoms with Gasteiger partial charge in [-0.05, 0) is 26.2 Å². The summed E-state index contributed by atoms with van der Waals surface area (Å²) >= 11 is 0. The minimum Gasteiger partial charge on any atom is -0.480 e. The molecule has 7 nitrogen and oxygen atoms in total. The Kier molecular flexibility index (Phi) is 7.06. The van der Waals surface area contributed by atoms with Crippen molar-refractivity contribution in [3.05, 3.63) is 0 Å². The molecule has 110 valence electrons. The largest absolute Gasteiger partial charge is 0.480 e. The van der Waals surface area contributed by atoms with E-state index < -0.39 is 35.9 Å². The molecule has 0 rings (SSSR count). The van der Waals surface area contributed by atoms with Crippen molar-refractivity contribution in [1.29, 1.82) is 0 Å². The lowest BCUT2D eigenvalue weighted by molar-refractivity contribution is -0.141. The molecule has 3 atom stereocenters. The summed E-state index contributed by atoms with van der Waals surface area (Å²) < 4.78 is 0. The third-order valence-corrected chi connectivity index (χ3v) is 2.54. The zero-order valence-corrected chi connectivity index (χ0v) is 11.8. The molecular formula is C12H23N3O4. The first-order valence-corrected chi connectivity index (χ1v) is 6.24. The van der Waals surface area contributed by atoms with Gasteiger partial charge in [-0.3, -0.25) is 14.4 Å². The maximum absolute atomic E-state index is 11.7. The molecule has 19 heavy (non-hydrogen) atoms. The summed E-state index contributed by atoms with van der Waals surface area (Å²) in [6.45, 7) is 6.71. The molecule has 3 unspecified atom stereocenters. The maximum atomic E-state index is 11.7. The molecule has 0 aliphatic heterocycles. The van der Waals surface area contributed by atoms with E-state index in [0.29, 0.717) is 6.42 Å². The van der Waals surface area contributed by atoms with Crippen LogP contribution in [0.5, 0.6) is 0 Å². The number of nitrogens with two attached hydrogens (primary N) is 1. The number of hydrogen-bond acceptors (Lipinski definition) is 4. The molecule has 0 bridgehead atoms. The Labute approximate surface area is 112 Å². The second-order valence-corrected chi connectivity index (χ2v) is 5.03. The van der Waals surface area contributed by atoms with E-state index in [4.69, 9.17) is 10.8 Å². The lowest BCUT2D eigenvalue weighted by atomic mass is 10.0. The number of rotatable bonds is 7. The molecule has 5 N–H and O–H groups in total. The van der Waals surface area contributed by atoms with E-state index in [1.54, 1.807) is 0 Å². The zero-order chi connectivity index (χ0) is 15.2. The SMILES string of the molecule is CC(C)CC(N)C(=O)NC(C)C(=O)NC(C)C(=O)O. The molecule has 0 aromatic carbocycles. The molecule has 0 heterocycles. The third-order valence-electron chi connectivity index (χ3n) is 2.54. The van der Waals surface area contributed by atoms with Gasteiger partial charge in [-0.15, -0.1) is 0 Å². The molecular weight excluding hydrogens is 250 g/mol. The highest BCUT2D eigenvalue weighted by Crippen LogP contribution is 2.02. The lowest BCUT2D eigenvalue weighted by Crippen LogP contribution is -2.52. The van der Waals surface area contributed by atoms with Crippen molar-refractivity contribution in [2.45, 2.75) is 52.2 Å². The van der Waals surface area contributed by atoms with Crippen LogP contribution in [0.4, 0.5) is 0 Å². The lowest BCUT2D eigenvalue weighted by Gasteiger charge is -2.19. The second kappa shape index (κ2) is 7.73. The van der Waals surface area contributed by atoms with Crippen molar-refractivity contribution in [3.63, 3.8) is 0 Å². The highest BCUT2D eigenvalue weighted by molar-refractivity contribution is 5.91. The molecule has 0 saturated carbocycles. The van der Waals surface area contributed by atoms with Crippen molar-refractivity contribution >= 4 is 17.8 Å². The molecule has 0 aliphatic rings. The molecule has 0 aromatic rings. The van der Waals surface area contributed by atoms with Crippen molar-refractivity contribution in [1.82, 2.24) is 10.6 Å². The van der Waals surface area contributed by atoms with Crippen LogP contribution in [0, 0.1) is 5.92 Å². The minimum absolute atomic E-state index is 0.275. The molecule has 0 aromatic heterocycles. The summed E-state index contributed by atoms with van der Waals surface area (Å²) in [7, 11) is 0. The number of carbonyl (C=O) groups is 3. The monoisotopic (exact) mass is 273 g/mol. The number of carbonyl (C=O) groups excluding carboxylic acids is 2. The fourth-order valence-corrected chi connectivity index (χ4v) is 1.40. The van der Waals surface area contributed by atoms with Gasteiger partial charge in [0.15, 0.2) is 0 Å². The van der Waals surface area contributed by atoms with Gasteiger partial charge in [0, 0.05) is 0 Å². The van der Waals surface area contributed by atoms with Gasteiger partial charge in [-0.25, -0.2) is 0 Å². The van der Waals surface area contributed by atoms with E-state index in [2.05, 4.69) is 10.6 Å². The van der Waals surface area contributed by atoms with E-state index in [1.807, 2.05) is 13.8 Å². The maximum Gasteiger partial charge on any atom is 0.325 e. The highest BCUT2D eigenvalue weighted by Gasteiger charge is 2.23. The Balaban J connectivity index is 4.29. The van der Waals surface area contributed by atoms with Crippen LogP contribution >= 0.6 is 0 Å². The van der Waals surface area contributed by atoms with Gasteiger partial charge >= 0.3 is 5.97 Å². The standard InChI is InChI=1S/C12H23N3O4/c1-6(2)5-9(13)11(17)14-7(3)10(16)15-8(4)12(18)19/h6-9H,5,13H2,1-4H3,(H,14,17)(H,15,16)(H,18,19). The van der Waals surface area contributed by atoms with Crippen LogP contribution in [0.3, 0.4) is 0 Å². The zero-order valence-electron chi connectivity index (χ0n) is 11.8. The van der Waals surface area contributed by atoms with E-state index in [1.165, 1.54) is 13.8 Å². The average molecular weight is 273 g/mol. The summed E-state index contributed by atoms with van der Waals surface area (Å²) in [5.41, 5.74) is 5.68. The first kappa shape index (κ1) is 17.4. The van der Waals surface area contributed by atoms with Gasteiger partial charge in [0.1, 0.15) is 12.1 Å². The molecule has 0 saturated heterocycles. The summed E-state index contributed by atoms with van der Waals surface area (Å²) in [4.78, 5) is 33.9. The topological polar surface area (TPSA) is 122 Å². The normalized spacial score (nSPS) is 15.5. The number of hydrogen-bond donors (Lipinski definition) is 4. The number of amides is 2. The van der Waals surface area contributed by atoms with Crippen LogP contribution in [-0.4, -0.2) is 41.0 Å². The van der Waals surface area contributed by atoms with E-state index in [0.717, 1.165) is 0 Å². The van der Waals surface area contributed by atoms with Gasteiger partial charge in [-0.1, -0.05) is 13.8 Å². The van der Waals surface area contributed by atoms with Crippen molar-refractivity contribution in [3.8, 4) is 0 Å². The van der Waals surface area contributed by atoms with Crippen LogP contribution in [0.1, 0.15) is 34.1 Å². The molecule has 0 fully saturated rings. The molecule has 2 amide bonds. The van der Waals surface area contributed by atoms with Crippen molar-refractivity contribution in [2.75, 3.05) is 0 Å². The highest BCUT2D eigenvalue weighted by atomic mass is 16.4. The van der Waals surface area contributed by atoms with Crippen LogP contribution in [0.25, 0.3) is 0 Å². The molecule has 0 radical (unpaired) electrons. The first-order chi connectivity index (χ1) is 8.65. The summed E-state index contributed by atoms with van der Waals surface area (Å²) in [6, 6.07) is -2.50. The van der Waals surface area contributed by atoms with E-state index in [9.17, 15) is 14.4 Å². The Hall–Kier alpha value is -1.63. The van der Waals surface area contributed by atoms with Crippen molar-refractivity contribution in [2.24, 2.45) is 11.7 Å². The van der Waals surface area contributed by atoms with Gasteiger partial charge in [0.2, 0.25) is 11.8 Å². The number of carboxylic acid groups (broad SMARTS) is 1. The fourth-order valence-electron chi connectivity index (χ4n) is 1.40. The van der Waals surface area contributed by atoms with Crippen LogP contribution in [0.15, 0.2) is 0 Å². The molecule has 0 aliphatic carbocycles. The Morgan fingerprint density at radius 2 is 1.47 bits per heavy atom. The second-order valence-electron chi connectivity index (χ2n) is 5.03. The average Bonchev–Trinajstić information content (AvgIpc) is 2.27. The summed E-state index contributed by atoms with van der Waals surface area (Å²) in [6.07, 6.45) is 0.520. The van der Waals surface area contributed by atoms with Gasteiger partial charge in [0.05, 0.1) is 6.04 Å². The molecule has 7 heteroatoms. The van der Waals surface area contributed by atoms with Crippen LogP contribution < -0.4 is 16.4 Å². The minimum atomic E-state index is -1.14. The number of nitrogens with one attached hydrogen (secondary N) is 2. The number of carboxylic acids is 1. The van der Waals surface area contributed by atoms with E-state index >= 15 is 0 Å². The summed E-state index contributed by atoms with van der Waals surface area (Å²) in [5.74, 6) is -1.83. The van der Waals surface area contributed by atoms with Gasteiger partial charge in [-0.2, -0.15) is 0 Å². The van der Waals surface area contributed by atoms with Gasteiger partial charge < -0.3 is 21.5 Å². The Morgan fingerprint density at radius 1 is 1.00 bits per heavy atom. The van der Waals surface area contributed by atoms with Gasteiger partial charge in [0.25, 0.3) is 0 Å². The van der Waals surface area contributed by atoms with Crippen molar-refractivity contribution < 1.29 is 19.5 Å². The Bertz CT molecular complexity index is 344. The predicted molar refractivity (Wildman–Crippen MR) is 70.3 cm³/mol. The predicted octanol–water partition coefficient (Wildman–Crippen LogP) is -0.546.